The fourth-order valence-electron chi connectivity index (χ4n) is 2.98. The minimum atomic E-state index is -0.179. The molecule has 0 bridgehead atoms. The zero-order valence-corrected chi connectivity index (χ0v) is 18.9. The van der Waals surface area contributed by atoms with Gasteiger partial charge >= 0.3 is 0 Å². The molecule has 0 atom stereocenters. The van der Waals surface area contributed by atoms with Crippen molar-refractivity contribution in [3.05, 3.63) is 35.4 Å². The number of guanidine groups is 1. The quantitative estimate of drug-likeness (QED) is 0.191. The van der Waals surface area contributed by atoms with Gasteiger partial charge < -0.3 is 10.2 Å². The lowest BCUT2D eigenvalue weighted by Gasteiger charge is -2.21. The maximum atomic E-state index is 12.3. The van der Waals surface area contributed by atoms with E-state index in [2.05, 4.69) is 36.1 Å². The van der Waals surface area contributed by atoms with Crippen molar-refractivity contribution in [3.8, 4) is 0 Å². The van der Waals surface area contributed by atoms with Gasteiger partial charge in [0.15, 0.2) is 5.96 Å². The van der Waals surface area contributed by atoms with E-state index in [9.17, 15) is 9.59 Å². The number of benzene rings is 1. The summed E-state index contributed by atoms with van der Waals surface area (Å²) in [6, 6.07) is 7.02. The molecule has 0 saturated heterocycles. The topological polar surface area (TPSA) is 65.0 Å². The third-order valence-electron chi connectivity index (χ3n) is 4.47. The van der Waals surface area contributed by atoms with E-state index in [1.54, 1.807) is 24.3 Å². The van der Waals surface area contributed by atoms with Crippen molar-refractivity contribution in [1.29, 1.82) is 0 Å². The number of imide groups is 1. The Morgan fingerprint density at radius 1 is 1.07 bits per heavy atom. The number of nitrogens with one attached hydrogen (secondary N) is 1. The first-order valence-corrected chi connectivity index (χ1v) is 9.54. The smallest absolute Gasteiger partial charge is 0.261 e. The second-order valence-electron chi connectivity index (χ2n) is 6.53. The molecule has 0 unspecified atom stereocenters. The molecule has 1 aliphatic rings. The Hall–Kier alpha value is -1.64. The minimum absolute atomic E-state index is 0. The van der Waals surface area contributed by atoms with Crippen molar-refractivity contribution in [2.75, 3.05) is 33.2 Å². The van der Waals surface area contributed by atoms with Crippen molar-refractivity contribution in [3.63, 3.8) is 0 Å². The molecule has 1 heterocycles. The summed E-state index contributed by atoms with van der Waals surface area (Å²) in [5.41, 5.74) is 1.03. The number of halogens is 1. The number of hydrogen-bond acceptors (Lipinski definition) is 3. The van der Waals surface area contributed by atoms with Crippen molar-refractivity contribution < 1.29 is 9.59 Å². The molecular weight excluding hydrogens is 455 g/mol. The molecule has 1 aromatic carbocycles. The van der Waals surface area contributed by atoms with E-state index >= 15 is 0 Å². The van der Waals surface area contributed by atoms with E-state index in [-0.39, 0.29) is 35.8 Å². The lowest BCUT2D eigenvalue weighted by Crippen LogP contribution is -2.39. The molecule has 6 nitrogen and oxygen atoms in total. The fourth-order valence-corrected chi connectivity index (χ4v) is 2.98. The van der Waals surface area contributed by atoms with Crippen LogP contribution in [0.5, 0.6) is 0 Å². The molecule has 1 N–H and O–H groups in total. The highest BCUT2D eigenvalue weighted by Gasteiger charge is 2.34. The van der Waals surface area contributed by atoms with Gasteiger partial charge in [-0.1, -0.05) is 25.5 Å². The lowest BCUT2D eigenvalue weighted by atomic mass is 10.1. The number of carbonyl (C=O) groups is 2. The van der Waals surface area contributed by atoms with Crippen LogP contribution in [0.3, 0.4) is 0 Å². The summed E-state index contributed by atoms with van der Waals surface area (Å²) < 4.78 is 0. The first kappa shape index (κ1) is 23.4. The number of unbranched alkanes of at least 4 members (excludes halogenated alkanes) is 2. The maximum absolute atomic E-state index is 12.3. The third kappa shape index (κ3) is 6.19. The van der Waals surface area contributed by atoms with Crippen LogP contribution in [0.2, 0.25) is 0 Å². The van der Waals surface area contributed by atoms with Gasteiger partial charge in [0, 0.05) is 33.2 Å². The molecule has 0 radical (unpaired) electrons. The standard InChI is InChI=1S/C20H30N4O2.HI/c1-4-6-14-23(3)20(21-5-2)22-13-9-10-15-24-18(25)16-11-7-8-12-17(16)19(24)26;/h7-8,11-12H,4-6,9-10,13-15H2,1-3H3,(H,21,22);1H. The first-order chi connectivity index (χ1) is 12.6. The van der Waals surface area contributed by atoms with Gasteiger partial charge in [-0.15, -0.1) is 24.0 Å². The Morgan fingerprint density at radius 2 is 1.70 bits per heavy atom. The van der Waals surface area contributed by atoms with Gasteiger partial charge in [-0.05, 0) is 38.3 Å². The normalized spacial score (nSPS) is 13.4. The number of carbonyl (C=O) groups excluding carboxylic acids is 2. The van der Waals surface area contributed by atoms with Crippen LogP contribution in [0, 0.1) is 0 Å². The highest BCUT2D eigenvalue weighted by atomic mass is 127. The Balaban J connectivity index is 0.00000364. The molecule has 7 heteroatoms. The number of rotatable bonds is 9. The summed E-state index contributed by atoms with van der Waals surface area (Å²) >= 11 is 0. The Morgan fingerprint density at radius 3 is 2.26 bits per heavy atom. The third-order valence-corrected chi connectivity index (χ3v) is 4.47. The summed E-state index contributed by atoms with van der Waals surface area (Å²) in [7, 11) is 2.05. The van der Waals surface area contributed by atoms with Crippen molar-refractivity contribution >= 4 is 41.8 Å². The highest BCUT2D eigenvalue weighted by Crippen LogP contribution is 2.22. The summed E-state index contributed by atoms with van der Waals surface area (Å²) in [6.45, 7) is 7.19. The molecule has 1 aromatic rings. The summed E-state index contributed by atoms with van der Waals surface area (Å²) in [5.74, 6) is 0.560. The maximum Gasteiger partial charge on any atom is 0.261 e. The van der Waals surface area contributed by atoms with Crippen LogP contribution in [0.4, 0.5) is 0 Å². The van der Waals surface area contributed by atoms with Gasteiger partial charge in [-0.3, -0.25) is 19.5 Å². The van der Waals surface area contributed by atoms with Gasteiger partial charge in [0.05, 0.1) is 11.1 Å². The van der Waals surface area contributed by atoms with Crippen LogP contribution in [0.15, 0.2) is 29.3 Å². The van der Waals surface area contributed by atoms with Crippen LogP contribution in [0.1, 0.15) is 60.2 Å². The summed E-state index contributed by atoms with van der Waals surface area (Å²) in [6.07, 6.45) is 3.89. The second-order valence-corrected chi connectivity index (χ2v) is 6.53. The molecule has 1 aliphatic heterocycles. The predicted octanol–water partition coefficient (Wildman–Crippen LogP) is 3.38. The molecule has 27 heavy (non-hydrogen) atoms. The number of nitrogens with zero attached hydrogens (tertiary/aromatic N) is 3. The average Bonchev–Trinajstić information content (AvgIpc) is 2.90. The number of amides is 2. The number of hydrogen-bond donors (Lipinski definition) is 1. The molecular formula is C20H31IN4O2. The molecule has 0 fully saturated rings. The average molecular weight is 486 g/mol. The molecule has 150 valence electrons. The summed E-state index contributed by atoms with van der Waals surface area (Å²) in [5, 5.41) is 3.31. The molecule has 0 aromatic heterocycles. The SMILES string of the molecule is CCCCN(C)C(=NCCCCN1C(=O)c2ccccc2C1=O)NCC.I. The highest BCUT2D eigenvalue weighted by molar-refractivity contribution is 14.0. The lowest BCUT2D eigenvalue weighted by molar-refractivity contribution is 0.0652. The Bertz CT molecular complexity index is 628. The van der Waals surface area contributed by atoms with Crippen LogP contribution in [0.25, 0.3) is 0 Å². The van der Waals surface area contributed by atoms with Crippen LogP contribution >= 0.6 is 24.0 Å². The van der Waals surface area contributed by atoms with E-state index in [0.29, 0.717) is 24.2 Å². The molecule has 0 spiro atoms. The number of aliphatic imine (C=N–C) groups is 1. The summed E-state index contributed by atoms with van der Waals surface area (Å²) in [4.78, 5) is 32.8. The monoisotopic (exact) mass is 486 g/mol. The van der Waals surface area contributed by atoms with E-state index in [1.807, 2.05) is 0 Å². The van der Waals surface area contributed by atoms with Gasteiger partial charge in [0.25, 0.3) is 11.8 Å². The molecule has 0 saturated carbocycles. The largest absolute Gasteiger partial charge is 0.357 e. The van der Waals surface area contributed by atoms with Gasteiger partial charge in [0.2, 0.25) is 0 Å². The van der Waals surface area contributed by atoms with Crippen molar-refractivity contribution in [2.45, 2.75) is 39.5 Å². The van der Waals surface area contributed by atoms with Crippen LogP contribution in [-0.4, -0.2) is 60.8 Å². The van der Waals surface area contributed by atoms with E-state index in [4.69, 9.17) is 0 Å². The second kappa shape index (κ2) is 11.9. The first-order valence-electron chi connectivity index (χ1n) is 9.54. The predicted molar refractivity (Wildman–Crippen MR) is 120 cm³/mol. The minimum Gasteiger partial charge on any atom is -0.357 e. The van der Waals surface area contributed by atoms with E-state index < -0.39 is 0 Å². The zero-order valence-electron chi connectivity index (χ0n) is 16.5. The van der Waals surface area contributed by atoms with Crippen LogP contribution < -0.4 is 5.32 Å². The van der Waals surface area contributed by atoms with Gasteiger partial charge in [-0.25, -0.2) is 0 Å². The van der Waals surface area contributed by atoms with E-state index in [1.165, 1.54) is 4.90 Å². The van der Waals surface area contributed by atoms with E-state index in [0.717, 1.165) is 44.7 Å². The molecule has 2 rings (SSSR count). The van der Waals surface area contributed by atoms with Gasteiger partial charge in [0.1, 0.15) is 0 Å². The Kier molecular flexibility index (Phi) is 10.4. The molecule has 2 amide bonds. The zero-order chi connectivity index (χ0) is 18.9. The van der Waals surface area contributed by atoms with Crippen LogP contribution in [-0.2, 0) is 0 Å². The van der Waals surface area contributed by atoms with Gasteiger partial charge in [-0.2, -0.15) is 0 Å². The fraction of sp³-hybridized carbons (Fsp3) is 0.550. The van der Waals surface area contributed by atoms with Crippen molar-refractivity contribution in [1.82, 2.24) is 15.1 Å². The Labute approximate surface area is 179 Å². The van der Waals surface area contributed by atoms with Crippen molar-refractivity contribution in [2.24, 2.45) is 4.99 Å². The molecule has 0 aliphatic carbocycles. The number of fused-ring (bicyclic) bond motifs is 1.